The minimum Gasteiger partial charge on any atom is -0.326 e. The van der Waals surface area contributed by atoms with E-state index in [0.29, 0.717) is 5.69 Å². The molecule has 232 valence electrons. The van der Waals surface area contributed by atoms with E-state index in [1.165, 1.54) is 25.7 Å². The monoisotopic (exact) mass is 594 g/mol. The summed E-state index contributed by atoms with van der Waals surface area (Å²) in [7, 11) is 0. The first kappa shape index (κ1) is 35.6. The molecule has 5 nitrogen and oxygen atoms in total. The van der Waals surface area contributed by atoms with Gasteiger partial charge in [-0.1, -0.05) is 117 Å². The minimum absolute atomic E-state index is 0.0108. The first-order valence-corrected chi connectivity index (χ1v) is 17.0. The Morgan fingerprint density at radius 1 is 0.714 bits per heavy atom. The van der Waals surface area contributed by atoms with E-state index >= 15 is 0 Å². The topological polar surface area (TPSA) is 75.3 Å². The van der Waals surface area contributed by atoms with E-state index in [9.17, 15) is 14.4 Å². The van der Waals surface area contributed by atoms with Crippen molar-refractivity contribution < 1.29 is 14.4 Å². The minimum atomic E-state index is -0.348. The van der Waals surface area contributed by atoms with E-state index in [1.807, 2.05) is 69.3 Å². The number of hydrogen-bond acceptors (Lipinski definition) is 4. The number of anilines is 2. The zero-order valence-electron chi connectivity index (χ0n) is 26.9. The molecule has 0 unspecified atom stereocenters. The smallest absolute Gasteiger partial charge is 0.230 e. The Hall–Kier alpha value is -2.60. The Balaban J connectivity index is 0.000000947. The molecule has 2 aliphatic rings. The largest absolute Gasteiger partial charge is 0.326 e. The van der Waals surface area contributed by atoms with Gasteiger partial charge in [-0.25, -0.2) is 0 Å². The molecule has 2 saturated carbocycles. The number of rotatable bonds is 8. The van der Waals surface area contributed by atoms with Gasteiger partial charge in [0, 0.05) is 27.8 Å². The summed E-state index contributed by atoms with van der Waals surface area (Å²) >= 11 is 1.15. The average molecular weight is 595 g/mol. The molecule has 0 aromatic heterocycles. The molecular weight excluding hydrogens is 540 g/mol. The summed E-state index contributed by atoms with van der Waals surface area (Å²) in [6.07, 6.45) is 13.3. The molecule has 0 radical (unpaired) electrons. The maximum Gasteiger partial charge on any atom is 0.230 e. The predicted molar refractivity (Wildman–Crippen MR) is 179 cm³/mol. The highest BCUT2D eigenvalue weighted by molar-refractivity contribution is 8.13. The quantitative estimate of drug-likeness (QED) is 0.298. The first-order chi connectivity index (χ1) is 20.2. The number of nitrogens with one attached hydrogen (secondary N) is 2. The zero-order chi connectivity index (χ0) is 31.0. The van der Waals surface area contributed by atoms with Crippen molar-refractivity contribution in [3.05, 3.63) is 54.1 Å². The van der Waals surface area contributed by atoms with E-state index in [4.69, 9.17) is 0 Å². The molecule has 42 heavy (non-hydrogen) atoms. The molecule has 2 aromatic rings. The van der Waals surface area contributed by atoms with E-state index in [-0.39, 0.29) is 34.2 Å². The van der Waals surface area contributed by atoms with E-state index in [0.717, 1.165) is 79.3 Å². The SMILES string of the molecule is CC.CC1(C(=O)Nc2cccc(CC(=O)Sc3ccccc3NC(=O)C3(C)CCCCC3)c2)CCCCC1.CCCC. The third kappa shape index (κ3) is 10.9. The Morgan fingerprint density at radius 3 is 1.79 bits per heavy atom. The van der Waals surface area contributed by atoms with Gasteiger partial charge in [0.25, 0.3) is 0 Å². The average Bonchev–Trinajstić information content (AvgIpc) is 3.00. The number of unbranched alkanes of at least 4 members (excludes halogenated alkanes) is 1. The Morgan fingerprint density at radius 2 is 1.24 bits per heavy atom. The van der Waals surface area contributed by atoms with Gasteiger partial charge in [0.05, 0.1) is 5.69 Å². The zero-order valence-corrected chi connectivity index (χ0v) is 27.8. The summed E-state index contributed by atoms with van der Waals surface area (Å²) < 4.78 is 0. The number of carbonyl (C=O) groups excluding carboxylic acids is 3. The predicted octanol–water partition coefficient (Wildman–Crippen LogP) is 10.2. The number of para-hydroxylation sites is 1. The van der Waals surface area contributed by atoms with E-state index in [2.05, 4.69) is 31.4 Å². The van der Waals surface area contributed by atoms with Crippen molar-refractivity contribution in [2.75, 3.05) is 10.6 Å². The summed E-state index contributed by atoms with van der Waals surface area (Å²) in [4.78, 5) is 39.7. The van der Waals surface area contributed by atoms with Gasteiger partial charge < -0.3 is 10.6 Å². The molecule has 0 aliphatic heterocycles. The van der Waals surface area contributed by atoms with Gasteiger partial charge in [0.1, 0.15) is 0 Å². The molecule has 0 heterocycles. The lowest BCUT2D eigenvalue weighted by Gasteiger charge is -2.32. The molecule has 2 amide bonds. The lowest BCUT2D eigenvalue weighted by Crippen LogP contribution is -2.35. The van der Waals surface area contributed by atoms with Crippen LogP contribution in [0.4, 0.5) is 11.4 Å². The molecule has 0 bridgehead atoms. The molecule has 2 fully saturated rings. The maximum atomic E-state index is 13.0. The molecule has 6 heteroatoms. The highest BCUT2D eigenvalue weighted by Gasteiger charge is 2.35. The molecule has 0 atom stereocenters. The van der Waals surface area contributed by atoms with Gasteiger partial charge in [-0.2, -0.15) is 0 Å². The summed E-state index contributed by atoms with van der Waals surface area (Å²) in [5, 5.41) is 6.16. The standard InChI is InChI=1S/C30H38N2O3S.C4H10.C2H6/c1-29(16-7-3-8-17-29)27(34)31-23-13-11-12-22(20-23)21-26(33)36-25-15-6-5-14-24(25)32-28(35)30(2)18-9-4-10-19-30;1-3-4-2;1-2/h5-6,11-15,20H,3-4,7-10,16-19,21H2,1-2H3,(H,31,34)(H,32,35);3-4H2,1-2H3;1-2H3. The van der Waals surface area contributed by atoms with Crippen molar-refractivity contribution in [2.45, 2.75) is 130 Å². The van der Waals surface area contributed by atoms with Gasteiger partial charge in [0.15, 0.2) is 5.12 Å². The number of carbonyl (C=O) groups is 3. The Kier molecular flexibility index (Phi) is 15.4. The van der Waals surface area contributed by atoms with Crippen LogP contribution >= 0.6 is 11.8 Å². The van der Waals surface area contributed by atoms with Gasteiger partial charge in [0.2, 0.25) is 11.8 Å². The van der Waals surface area contributed by atoms with Crippen molar-refractivity contribution in [3.63, 3.8) is 0 Å². The lowest BCUT2D eigenvalue weighted by atomic mass is 9.75. The van der Waals surface area contributed by atoms with Gasteiger partial charge >= 0.3 is 0 Å². The van der Waals surface area contributed by atoms with Crippen molar-refractivity contribution in [2.24, 2.45) is 10.8 Å². The van der Waals surface area contributed by atoms with Crippen molar-refractivity contribution >= 4 is 40.1 Å². The fraction of sp³-hybridized carbons (Fsp3) is 0.583. The molecule has 2 N–H and O–H groups in total. The van der Waals surface area contributed by atoms with E-state index < -0.39 is 0 Å². The molecule has 4 rings (SSSR count). The van der Waals surface area contributed by atoms with Crippen LogP contribution in [0.3, 0.4) is 0 Å². The van der Waals surface area contributed by atoms with Gasteiger partial charge in [-0.05, 0) is 67.3 Å². The molecule has 0 saturated heterocycles. The fourth-order valence-electron chi connectivity index (χ4n) is 5.42. The normalized spacial score (nSPS) is 16.9. The second-order valence-electron chi connectivity index (χ2n) is 12.0. The van der Waals surface area contributed by atoms with Crippen LogP contribution in [0.15, 0.2) is 53.4 Å². The summed E-state index contributed by atoms with van der Waals surface area (Å²) in [5.41, 5.74) is 1.61. The second-order valence-corrected chi connectivity index (χ2v) is 13.1. The van der Waals surface area contributed by atoms with Crippen molar-refractivity contribution in [1.82, 2.24) is 0 Å². The van der Waals surface area contributed by atoms with Crippen LogP contribution in [0.5, 0.6) is 0 Å². The summed E-state index contributed by atoms with van der Waals surface area (Å²) in [5.74, 6) is 0.106. The summed E-state index contributed by atoms with van der Waals surface area (Å²) in [6.45, 7) is 12.5. The molecule has 2 aromatic carbocycles. The third-order valence-electron chi connectivity index (χ3n) is 8.40. The lowest BCUT2D eigenvalue weighted by molar-refractivity contribution is -0.127. The highest BCUT2D eigenvalue weighted by atomic mass is 32.2. The molecule has 2 aliphatic carbocycles. The fourth-order valence-corrected chi connectivity index (χ4v) is 6.28. The van der Waals surface area contributed by atoms with Crippen LogP contribution in [0.2, 0.25) is 0 Å². The first-order valence-electron chi connectivity index (χ1n) is 16.2. The van der Waals surface area contributed by atoms with Crippen molar-refractivity contribution in [3.8, 4) is 0 Å². The number of benzene rings is 2. The van der Waals surface area contributed by atoms with Gasteiger partial charge in [-0.3, -0.25) is 14.4 Å². The Bertz CT molecular complexity index is 1130. The highest BCUT2D eigenvalue weighted by Crippen LogP contribution is 2.39. The van der Waals surface area contributed by atoms with Crippen LogP contribution in [-0.4, -0.2) is 16.9 Å². The van der Waals surface area contributed by atoms with Gasteiger partial charge in [-0.15, -0.1) is 0 Å². The third-order valence-corrected chi connectivity index (χ3v) is 9.35. The second kappa shape index (κ2) is 18.1. The van der Waals surface area contributed by atoms with Crippen LogP contribution in [-0.2, 0) is 20.8 Å². The molecule has 0 spiro atoms. The van der Waals surface area contributed by atoms with E-state index in [1.54, 1.807) is 0 Å². The number of amides is 2. The molecular formula is C36H54N2O3S. The van der Waals surface area contributed by atoms with Crippen molar-refractivity contribution in [1.29, 1.82) is 0 Å². The van der Waals surface area contributed by atoms with Crippen LogP contribution in [0.25, 0.3) is 0 Å². The summed E-state index contributed by atoms with van der Waals surface area (Å²) in [6, 6.07) is 15.1. The van der Waals surface area contributed by atoms with Crippen LogP contribution < -0.4 is 10.6 Å². The number of hydrogen-bond donors (Lipinski definition) is 2. The maximum absolute atomic E-state index is 13.0. The van der Waals surface area contributed by atoms with Crippen LogP contribution in [0, 0.1) is 10.8 Å². The number of thioether (sulfide) groups is 1. The Labute approximate surface area is 259 Å². The van der Waals surface area contributed by atoms with Crippen LogP contribution in [0.1, 0.15) is 124 Å².